The summed E-state index contributed by atoms with van der Waals surface area (Å²) in [6.07, 6.45) is -6.23. The van der Waals surface area contributed by atoms with Gasteiger partial charge in [-0.05, 0) is 6.42 Å². The molecule has 1 unspecified atom stereocenters. The lowest BCUT2D eigenvalue weighted by atomic mass is 9.89. The topological polar surface area (TPSA) is 95.7 Å². The quantitative estimate of drug-likeness (QED) is 0.714. The minimum Gasteiger partial charge on any atom is -0.394 e. The standard InChI is InChI=1S/C12H15F3N2O4/c13-12(14,15)9-3-16-2-7(17-9)1-6-5-21-8(4-18)11(20)10(6)19/h2-3,6,8,10-11,18-20H,1,4-5H2/t6?,8-,10-,11+/m1/s1. The molecule has 0 spiro atoms. The molecular formula is C12H15F3N2O4. The maximum atomic E-state index is 12.5. The van der Waals surface area contributed by atoms with Crippen molar-refractivity contribution in [3.05, 3.63) is 23.8 Å². The molecule has 9 heteroatoms. The van der Waals surface area contributed by atoms with Gasteiger partial charge < -0.3 is 20.1 Å². The Labute approximate surface area is 118 Å². The molecule has 0 radical (unpaired) electrons. The molecule has 118 valence electrons. The zero-order valence-corrected chi connectivity index (χ0v) is 10.9. The zero-order valence-electron chi connectivity index (χ0n) is 10.9. The summed E-state index contributed by atoms with van der Waals surface area (Å²) in [7, 11) is 0. The Kier molecular flexibility index (Phi) is 4.77. The van der Waals surface area contributed by atoms with E-state index >= 15 is 0 Å². The third-order valence-corrected chi connectivity index (χ3v) is 3.36. The first-order valence-corrected chi connectivity index (χ1v) is 6.29. The molecule has 1 aromatic rings. The van der Waals surface area contributed by atoms with Gasteiger partial charge in [0.25, 0.3) is 0 Å². The zero-order chi connectivity index (χ0) is 15.6. The van der Waals surface area contributed by atoms with Crippen LogP contribution in [-0.2, 0) is 17.3 Å². The normalized spacial score (nSPS) is 30.4. The smallest absolute Gasteiger partial charge is 0.394 e. The molecule has 3 N–H and O–H groups in total. The molecule has 1 aliphatic rings. The number of alkyl halides is 3. The third kappa shape index (κ3) is 3.67. The molecule has 0 saturated carbocycles. The SMILES string of the molecule is OC[C@H]1OCC(Cc2cncc(C(F)(F)F)n2)[C@@H](O)[C@H]1O. The predicted octanol–water partition coefficient (Wildman–Crippen LogP) is -0.233. The second-order valence-electron chi connectivity index (χ2n) is 4.89. The van der Waals surface area contributed by atoms with E-state index in [2.05, 4.69) is 9.97 Å². The predicted molar refractivity (Wildman–Crippen MR) is 63.1 cm³/mol. The first-order valence-electron chi connectivity index (χ1n) is 6.29. The maximum absolute atomic E-state index is 12.5. The number of aliphatic hydroxyl groups excluding tert-OH is 3. The number of rotatable bonds is 3. The fourth-order valence-corrected chi connectivity index (χ4v) is 2.19. The Morgan fingerprint density at radius 3 is 2.57 bits per heavy atom. The molecule has 4 atom stereocenters. The molecule has 0 aliphatic carbocycles. The minimum atomic E-state index is -4.59. The number of hydrogen-bond acceptors (Lipinski definition) is 6. The highest BCUT2D eigenvalue weighted by molar-refractivity contribution is 5.08. The average molecular weight is 308 g/mol. The van der Waals surface area contributed by atoms with Crippen molar-refractivity contribution in [1.82, 2.24) is 9.97 Å². The number of aromatic nitrogens is 2. The number of ether oxygens (including phenoxy) is 1. The molecule has 0 bridgehead atoms. The van der Waals surface area contributed by atoms with Crippen LogP contribution in [0.4, 0.5) is 13.2 Å². The summed E-state index contributed by atoms with van der Waals surface area (Å²) >= 11 is 0. The van der Waals surface area contributed by atoms with Crippen LogP contribution < -0.4 is 0 Å². The molecule has 21 heavy (non-hydrogen) atoms. The van der Waals surface area contributed by atoms with Crippen molar-refractivity contribution >= 4 is 0 Å². The van der Waals surface area contributed by atoms with Crippen LogP contribution in [0.25, 0.3) is 0 Å². The molecule has 2 rings (SSSR count). The number of aliphatic hydroxyl groups is 3. The van der Waals surface area contributed by atoms with E-state index in [9.17, 15) is 23.4 Å². The third-order valence-electron chi connectivity index (χ3n) is 3.36. The van der Waals surface area contributed by atoms with Crippen molar-refractivity contribution in [3.8, 4) is 0 Å². The molecule has 1 aromatic heterocycles. The fourth-order valence-electron chi connectivity index (χ4n) is 2.19. The lowest BCUT2D eigenvalue weighted by Gasteiger charge is -2.36. The Hall–Kier alpha value is -1.29. The minimum absolute atomic E-state index is 0.00137. The van der Waals surface area contributed by atoms with Crippen LogP contribution >= 0.6 is 0 Å². The van der Waals surface area contributed by atoms with Crippen LogP contribution in [0.5, 0.6) is 0 Å². The van der Waals surface area contributed by atoms with E-state index in [1.807, 2.05) is 0 Å². The Balaban J connectivity index is 2.08. The Morgan fingerprint density at radius 2 is 1.95 bits per heavy atom. The molecule has 1 fully saturated rings. The molecule has 0 amide bonds. The van der Waals surface area contributed by atoms with Gasteiger partial charge in [0, 0.05) is 12.1 Å². The molecule has 6 nitrogen and oxygen atoms in total. The lowest BCUT2D eigenvalue weighted by molar-refractivity contribution is -0.174. The first-order chi connectivity index (χ1) is 9.82. The van der Waals surface area contributed by atoms with Gasteiger partial charge in [-0.3, -0.25) is 4.98 Å². The van der Waals surface area contributed by atoms with E-state index in [0.717, 1.165) is 0 Å². The largest absolute Gasteiger partial charge is 0.434 e. The van der Waals surface area contributed by atoms with Crippen LogP contribution in [0.15, 0.2) is 12.4 Å². The van der Waals surface area contributed by atoms with Crippen LogP contribution in [-0.4, -0.2) is 56.8 Å². The van der Waals surface area contributed by atoms with Gasteiger partial charge in [0.15, 0.2) is 5.69 Å². The van der Waals surface area contributed by atoms with Gasteiger partial charge in [-0.25, -0.2) is 4.98 Å². The maximum Gasteiger partial charge on any atom is 0.434 e. The van der Waals surface area contributed by atoms with Crippen LogP contribution in [0, 0.1) is 5.92 Å². The highest BCUT2D eigenvalue weighted by Gasteiger charge is 2.38. The van der Waals surface area contributed by atoms with Crippen molar-refractivity contribution in [2.24, 2.45) is 5.92 Å². The molecule has 1 saturated heterocycles. The summed E-state index contributed by atoms with van der Waals surface area (Å²) in [5.74, 6) is -0.624. The lowest BCUT2D eigenvalue weighted by Crippen LogP contribution is -2.52. The van der Waals surface area contributed by atoms with Crippen molar-refractivity contribution in [1.29, 1.82) is 0 Å². The van der Waals surface area contributed by atoms with E-state index in [0.29, 0.717) is 6.20 Å². The van der Waals surface area contributed by atoms with Crippen molar-refractivity contribution in [3.63, 3.8) is 0 Å². The number of nitrogens with zero attached hydrogens (tertiary/aromatic N) is 2. The van der Waals surface area contributed by atoms with E-state index in [1.54, 1.807) is 0 Å². The number of halogens is 3. The summed E-state index contributed by atoms with van der Waals surface area (Å²) in [5, 5.41) is 28.6. The van der Waals surface area contributed by atoms with Crippen LogP contribution in [0.1, 0.15) is 11.4 Å². The van der Waals surface area contributed by atoms with E-state index in [1.165, 1.54) is 6.20 Å². The molecular weight excluding hydrogens is 293 g/mol. The van der Waals surface area contributed by atoms with Crippen molar-refractivity contribution < 1.29 is 33.2 Å². The first kappa shape index (κ1) is 16.1. The summed E-state index contributed by atoms with van der Waals surface area (Å²) in [4.78, 5) is 6.94. The van der Waals surface area contributed by atoms with Gasteiger partial charge >= 0.3 is 6.18 Å². The van der Waals surface area contributed by atoms with Gasteiger partial charge in [0.05, 0.1) is 31.2 Å². The summed E-state index contributed by atoms with van der Waals surface area (Å²) in [6.45, 7) is -0.449. The van der Waals surface area contributed by atoms with E-state index in [4.69, 9.17) is 9.84 Å². The van der Waals surface area contributed by atoms with Gasteiger partial charge in [0.1, 0.15) is 12.2 Å². The second-order valence-corrected chi connectivity index (χ2v) is 4.89. The molecule has 0 aromatic carbocycles. The van der Waals surface area contributed by atoms with Gasteiger partial charge in [-0.2, -0.15) is 13.2 Å². The van der Waals surface area contributed by atoms with Crippen LogP contribution in [0.3, 0.4) is 0 Å². The summed E-state index contributed by atoms with van der Waals surface area (Å²) in [6, 6.07) is 0. The Bertz CT molecular complexity index is 486. The van der Waals surface area contributed by atoms with Crippen LogP contribution in [0.2, 0.25) is 0 Å². The van der Waals surface area contributed by atoms with Gasteiger partial charge in [-0.15, -0.1) is 0 Å². The highest BCUT2D eigenvalue weighted by Crippen LogP contribution is 2.28. The Morgan fingerprint density at radius 1 is 1.24 bits per heavy atom. The monoisotopic (exact) mass is 308 g/mol. The summed E-state index contributed by atoms with van der Waals surface area (Å²) in [5.41, 5.74) is -1.06. The fraction of sp³-hybridized carbons (Fsp3) is 0.667. The second kappa shape index (κ2) is 6.22. The van der Waals surface area contributed by atoms with Crippen molar-refractivity contribution in [2.45, 2.75) is 30.9 Å². The van der Waals surface area contributed by atoms with Gasteiger partial charge in [-0.1, -0.05) is 0 Å². The average Bonchev–Trinajstić information content (AvgIpc) is 2.44. The van der Waals surface area contributed by atoms with E-state index in [-0.39, 0.29) is 18.7 Å². The molecule has 2 heterocycles. The van der Waals surface area contributed by atoms with Gasteiger partial charge in [0.2, 0.25) is 0 Å². The van der Waals surface area contributed by atoms with E-state index < -0.39 is 42.7 Å². The van der Waals surface area contributed by atoms with Crippen molar-refractivity contribution in [2.75, 3.05) is 13.2 Å². The molecule has 1 aliphatic heterocycles. The number of hydrogen-bond donors (Lipinski definition) is 3. The summed E-state index contributed by atoms with van der Waals surface area (Å²) < 4.78 is 42.8. The highest BCUT2D eigenvalue weighted by atomic mass is 19.4.